The van der Waals surface area contributed by atoms with Gasteiger partial charge in [0.05, 0.1) is 11.6 Å². The second-order valence-corrected chi connectivity index (χ2v) is 9.34. The Balaban J connectivity index is 0.0000130. The van der Waals surface area contributed by atoms with Gasteiger partial charge in [-0.25, -0.2) is 0 Å². The van der Waals surface area contributed by atoms with E-state index in [0.29, 0.717) is 5.56 Å². The number of esters is 1. The molecule has 2 atom stereocenters. The number of likely N-dealkylation sites (N-methyl/N-ethyl adjacent to an activating group) is 2. The molecular weight excluding hydrogens is 511 g/mol. The molecule has 208 valence electrons. The third-order valence-electron chi connectivity index (χ3n) is 5.19. The van der Waals surface area contributed by atoms with Crippen LogP contribution in [0.15, 0.2) is 49.6 Å². The molecule has 1 aromatic rings. The molecule has 0 aliphatic heterocycles. The molecule has 2 amide bonds. The van der Waals surface area contributed by atoms with Gasteiger partial charge in [-0.1, -0.05) is 24.3 Å². The van der Waals surface area contributed by atoms with Crippen molar-refractivity contribution in [2.75, 3.05) is 27.2 Å². The van der Waals surface area contributed by atoms with E-state index in [-0.39, 0.29) is 38.3 Å². The van der Waals surface area contributed by atoms with Gasteiger partial charge >= 0.3 is 12.1 Å². The van der Waals surface area contributed by atoms with E-state index >= 15 is 0 Å². The lowest BCUT2D eigenvalue weighted by Gasteiger charge is -2.35. The summed E-state index contributed by atoms with van der Waals surface area (Å²) in [6, 6.07) is 2.60. The number of nitrogens with one attached hydrogen (secondary N) is 1. The van der Waals surface area contributed by atoms with Gasteiger partial charge in [0.2, 0.25) is 11.8 Å². The highest BCUT2D eigenvalue weighted by atomic mass is 35.5. The lowest BCUT2D eigenvalue weighted by Crippen LogP contribution is -2.56. The molecular formula is C26H37ClF3N3O4. The summed E-state index contributed by atoms with van der Waals surface area (Å²) in [5.74, 6) is -1.61. The van der Waals surface area contributed by atoms with Crippen LogP contribution in [0.5, 0.6) is 0 Å². The number of alkyl halides is 3. The normalized spacial score (nSPS) is 13.0. The molecule has 11 heteroatoms. The maximum atomic E-state index is 13.5. The predicted molar refractivity (Wildman–Crippen MR) is 139 cm³/mol. The van der Waals surface area contributed by atoms with Crippen molar-refractivity contribution in [2.45, 2.75) is 57.5 Å². The molecule has 0 aromatic heterocycles. The summed E-state index contributed by atoms with van der Waals surface area (Å²) in [5.41, 5.74) is -1.16. The molecule has 0 bridgehead atoms. The first-order valence-electron chi connectivity index (χ1n) is 11.5. The Labute approximate surface area is 223 Å². The van der Waals surface area contributed by atoms with Gasteiger partial charge in [-0.15, -0.1) is 25.6 Å². The Morgan fingerprint density at radius 2 is 1.62 bits per heavy atom. The summed E-state index contributed by atoms with van der Waals surface area (Å²) in [6.07, 6.45) is -1.26. The van der Waals surface area contributed by atoms with Crippen LogP contribution in [0.4, 0.5) is 13.2 Å². The highest BCUT2D eigenvalue weighted by Crippen LogP contribution is 2.29. The van der Waals surface area contributed by atoms with Crippen molar-refractivity contribution in [3.8, 4) is 0 Å². The van der Waals surface area contributed by atoms with Crippen molar-refractivity contribution in [1.82, 2.24) is 15.1 Å². The summed E-state index contributed by atoms with van der Waals surface area (Å²) >= 11 is 0. The van der Waals surface area contributed by atoms with Crippen LogP contribution in [0, 0.1) is 0 Å². The Bertz CT molecular complexity index is 930. The monoisotopic (exact) mass is 547 g/mol. The van der Waals surface area contributed by atoms with Gasteiger partial charge in [0.15, 0.2) is 0 Å². The van der Waals surface area contributed by atoms with Gasteiger partial charge in [-0.3, -0.25) is 14.4 Å². The standard InChI is InChI=1S/C26H36F3N3O4.ClH/c1-8-10-20(30-6)23(34)32(15-9-2)21(16-18-11-13-19(14-12-18)26(27,28)29)24(35)31(7)17-22(33)36-25(3,4)5;/h8-9,11-14,20-21,30H,1-2,10,15-17H2,3-7H3;1H/t20-,21-;/m0./s1. The van der Waals surface area contributed by atoms with Crippen molar-refractivity contribution in [2.24, 2.45) is 0 Å². The minimum absolute atomic E-state index is 0. The van der Waals surface area contributed by atoms with E-state index in [1.807, 2.05) is 0 Å². The smallest absolute Gasteiger partial charge is 0.416 e. The number of benzene rings is 1. The molecule has 0 fully saturated rings. The minimum atomic E-state index is -4.50. The molecule has 0 saturated heterocycles. The van der Waals surface area contributed by atoms with Crippen molar-refractivity contribution in [1.29, 1.82) is 0 Å². The zero-order chi connectivity index (χ0) is 27.7. The first-order valence-corrected chi connectivity index (χ1v) is 11.5. The minimum Gasteiger partial charge on any atom is -0.459 e. The summed E-state index contributed by atoms with van der Waals surface area (Å²) in [4.78, 5) is 41.7. The highest BCUT2D eigenvalue weighted by molar-refractivity contribution is 5.91. The van der Waals surface area contributed by atoms with Gasteiger partial charge in [-0.05, 0) is 51.9 Å². The number of hydrogen-bond acceptors (Lipinski definition) is 5. The van der Waals surface area contributed by atoms with Crippen LogP contribution in [0.25, 0.3) is 0 Å². The molecule has 0 spiro atoms. The van der Waals surface area contributed by atoms with E-state index in [1.165, 1.54) is 30.2 Å². The number of hydrogen-bond donors (Lipinski definition) is 1. The fraction of sp³-hybridized carbons (Fsp3) is 0.500. The SMILES string of the molecule is C=CC[C@H](NC)C(=O)N(CC=C)[C@@H](Cc1ccc(C(F)(F)F)cc1)C(=O)N(C)CC(=O)OC(C)(C)C.Cl. The average Bonchev–Trinajstić information content (AvgIpc) is 2.77. The van der Waals surface area contributed by atoms with Crippen LogP contribution in [-0.4, -0.2) is 72.5 Å². The number of ether oxygens (including phenoxy) is 1. The zero-order valence-electron chi connectivity index (χ0n) is 21.9. The Kier molecular flexibility index (Phi) is 13.6. The van der Waals surface area contributed by atoms with Gasteiger partial charge in [0.1, 0.15) is 18.2 Å². The van der Waals surface area contributed by atoms with Crippen LogP contribution < -0.4 is 5.32 Å². The third-order valence-corrected chi connectivity index (χ3v) is 5.19. The lowest BCUT2D eigenvalue weighted by molar-refractivity contribution is -0.159. The van der Waals surface area contributed by atoms with E-state index in [1.54, 1.807) is 33.9 Å². The van der Waals surface area contributed by atoms with Crippen LogP contribution in [0.3, 0.4) is 0 Å². The van der Waals surface area contributed by atoms with E-state index in [0.717, 1.165) is 17.0 Å². The zero-order valence-corrected chi connectivity index (χ0v) is 22.7. The van der Waals surface area contributed by atoms with E-state index < -0.39 is 47.2 Å². The summed E-state index contributed by atoms with van der Waals surface area (Å²) in [5, 5.41) is 2.89. The van der Waals surface area contributed by atoms with Crippen molar-refractivity contribution in [3.05, 3.63) is 60.7 Å². The molecule has 7 nitrogen and oxygen atoms in total. The molecule has 1 rings (SSSR count). The largest absolute Gasteiger partial charge is 0.459 e. The first-order chi connectivity index (χ1) is 16.6. The first kappa shape index (κ1) is 34.1. The average molecular weight is 548 g/mol. The highest BCUT2D eigenvalue weighted by Gasteiger charge is 2.35. The van der Waals surface area contributed by atoms with Gasteiger partial charge < -0.3 is 19.9 Å². The molecule has 0 aliphatic carbocycles. The number of amides is 2. The second kappa shape index (κ2) is 14.8. The Morgan fingerprint density at radius 1 is 1.05 bits per heavy atom. The second-order valence-electron chi connectivity index (χ2n) is 9.34. The third kappa shape index (κ3) is 11.0. The van der Waals surface area contributed by atoms with Gasteiger partial charge in [0.25, 0.3) is 0 Å². The molecule has 1 aromatic carbocycles. The molecule has 1 N–H and O–H groups in total. The number of nitrogens with zero attached hydrogens (tertiary/aromatic N) is 2. The summed E-state index contributed by atoms with van der Waals surface area (Å²) in [6.45, 7) is 12.1. The van der Waals surface area contributed by atoms with Crippen molar-refractivity contribution in [3.63, 3.8) is 0 Å². The van der Waals surface area contributed by atoms with Crippen LogP contribution in [-0.2, 0) is 31.7 Å². The van der Waals surface area contributed by atoms with Crippen molar-refractivity contribution >= 4 is 30.2 Å². The quantitative estimate of drug-likeness (QED) is 0.316. The summed E-state index contributed by atoms with van der Waals surface area (Å²) < 4.78 is 44.3. The molecule has 0 saturated carbocycles. The topological polar surface area (TPSA) is 79.0 Å². The predicted octanol–water partition coefficient (Wildman–Crippen LogP) is 4.02. The maximum absolute atomic E-state index is 13.5. The molecule has 0 unspecified atom stereocenters. The van der Waals surface area contributed by atoms with Crippen molar-refractivity contribution < 1.29 is 32.3 Å². The fourth-order valence-corrected chi connectivity index (χ4v) is 3.50. The molecule has 37 heavy (non-hydrogen) atoms. The summed E-state index contributed by atoms with van der Waals surface area (Å²) in [7, 11) is 3.00. The van der Waals surface area contributed by atoms with E-state index in [9.17, 15) is 27.6 Å². The molecule has 0 heterocycles. The van der Waals surface area contributed by atoms with E-state index in [4.69, 9.17) is 4.74 Å². The van der Waals surface area contributed by atoms with E-state index in [2.05, 4.69) is 18.5 Å². The lowest BCUT2D eigenvalue weighted by atomic mass is 10.00. The number of rotatable bonds is 12. The fourth-order valence-electron chi connectivity index (χ4n) is 3.50. The number of halogens is 4. The van der Waals surface area contributed by atoms with Gasteiger partial charge in [-0.2, -0.15) is 13.2 Å². The Morgan fingerprint density at radius 3 is 2.05 bits per heavy atom. The number of carbonyl (C=O) groups is 3. The Hall–Kier alpha value is -2.85. The molecule has 0 aliphatic rings. The number of carbonyl (C=O) groups excluding carboxylic acids is 3. The van der Waals surface area contributed by atoms with Gasteiger partial charge in [0, 0.05) is 20.0 Å². The maximum Gasteiger partial charge on any atom is 0.416 e. The molecule has 0 radical (unpaired) electrons. The van der Waals surface area contributed by atoms with Crippen LogP contribution in [0.1, 0.15) is 38.3 Å². The van der Waals surface area contributed by atoms with Crippen LogP contribution >= 0.6 is 12.4 Å². The van der Waals surface area contributed by atoms with Crippen LogP contribution in [0.2, 0.25) is 0 Å².